The van der Waals surface area contributed by atoms with Crippen LogP contribution in [0, 0.1) is 5.41 Å². The van der Waals surface area contributed by atoms with Crippen LogP contribution in [0.4, 0.5) is 0 Å². The van der Waals surface area contributed by atoms with Crippen molar-refractivity contribution in [1.82, 2.24) is 10.3 Å². The average Bonchev–Trinajstić information content (AvgIpc) is 3.37. The van der Waals surface area contributed by atoms with E-state index in [1.165, 1.54) is 16.8 Å². The van der Waals surface area contributed by atoms with Crippen molar-refractivity contribution in [2.45, 2.75) is 71.5 Å². The summed E-state index contributed by atoms with van der Waals surface area (Å²) in [4.78, 5) is 39.4. The Bertz CT molecular complexity index is 1120. The third-order valence-corrected chi connectivity index (χ3v) is 7.43. The number of esters is 2. The number of carbonyl (C=O) groups excluding carboxylic acids is 3. The number of nitrogens with one attached hydrogen (secondary N) is 1. The second-order valence-corrected chi connectivity index (χ2v) is 11.2. The number of nitrogens with zero attached hydrogens (tertiary/aromatic N) is 2. The van der Waals surface area contributed by atoms with Gasteiger partial charge in [0.05, 0.1) is 12.6 Å². The van der Waals surface area contributed by atoms with Crippen LogP contribution in [-0.4, -0.2) is 52.0 Å². The monoisotopic (exact) mass is 539 g/mol. The van der Waals surface area contributed by atoms with Gasteiger partial charge in [-0.15, -0.1) is 0 Å². The van der Waals surface area contributed by atoms with Crippen LogP contribution in [0.5, 0.6) is 0 Å². The second-order valence-electron chi connectivity index (χ2n) is 10.1. The first kappa shape index (κ1) is 29.4. The summed E-state index contributed by atoms with van der Waals surface area (Å²) in [5.74, 6) is -1.39. The molecule has 1 amide bonds. The number of hydrazone groups is 1. The van der Waals surface area contributed by atoms with Crippen LogP contribution in [0.15, 0.2) is 65.8 Å². The Balaban J connectivity index is 1.73. The van der Waals surface area contributed by atoms with E-state index >= 15 is 0 Å². The molecule has 2 aromatic rings. The summed E-state index contributed by atoms with van der Waals surface area (Å²) >= 11 is 1.22. The molecule has 0 spiro atoms. The van der Waals surface area contributed by atoms with Gasteiger partial charge in [0.15, 0.2) is 0 Å². The fourth-order valence-electron chi connectivity index (χ4n) is 3.81. The van der Waals surface area contributed by atoms with Gasteiger partial charge in [-0.3, -0.25) is 14.9 Å². The molecule has 8 nitrogen and oxygen atoms in total. The van der Waals surface area contributed by atoms with Gasteiger partial charge >= 0.3 is 11.9 Å². The predicted molar refractivity (Wildman–Crippen MR) is 149 cm³/mol. The van der Waals surface area contributed by atoms with Crippen molar-refractivity contribution in [1.29, 1.82) is 0 Å². The number of hydrogen-bond donors (Lipinski definition) is 1. The van der Waals surface area contributed by atoms with Crippen LogP contribution in [0.25, 0.3) is 0 Å². The summed E-state index contributed by atoms with van der Waals surface area (Å²) < 4.78 is 10.8. The summed E-state index contributed by atoms with van der Waals surface area (Å²) in [6, 6.07) is 17.7. The zero-order valence-electron chi connectivity index (χ0n) is 22.7. The van der Waals surface area contributed by atoms with Gasteiger partial charge in [0.1, 0.15) is 17.7 Å². The van der Waals surface area contributed by atoms with Crippen LogP contribution in [-0.2, 0) is 36.9 Å². The minimum Gasteiger partial charge on any atom is -0.465 e. The van der Waals surface area contributed by atoms with Crippen molar-refractivity contribution >= 4 is 34.7 Å². The number of thioether (sulfide) groups is 1. The van der Waals surface area contributed by atoms with Crippen molar-refractivity contribution in [3.05, 3.63) is 71.8 Å². The lowest BCUT2D eigenvalue weighted by Gasteiger charge is -2.26. The van der Waals surface area contributed by atoms with E-state index in [9.17, 15) is 14.4 Å². The van der Waals surface area contributed by atoms with Gasteiger partial charge in [-0.05, 0) is 37.8 Å². The van der Waals surface area contributed by atoms with Gasteiger partial charge in [0, 0.05) is 5.41 Å². The highest BCUT2D eigenvalue weighted by Crippen LogP contribution is 2.36. The molecule has 3 atom stereocenters. The third kappa shape index (κ3) is 8.16. The molecule has 1 N–H and O–H groups in total. The van der Waals surface area contributed by atoms with Crippen molar-refractivity contribution < 1.29 is 23.9 Å². The van der Waals surface area contributed by atoms with Gasteiger partial charge in [-0.2, -0.15) is 5.10 Å². The number of rotatable bonds is 11. The Kier molecular flexibility index (Phi) is 10.5. The first-order valence-electron chi connectivity index (χ1n) is 12.9. The molecule has 0 radical (unpaired) electrons. The molecule has 0 aliphatic carbocycles. The number of ether oxygens (including phenoxy) is 2. The highest BCUT2D eigenvalue weighted by atomic mass is 32.2. The summed E-state index contributed by atoms with van der Waals surface area (Å²) in [5.41, 5.74) is 1.57. The summed E-state index contributed by atoms with van der Waals surface area (Å²) in [6.45, 7) is 9.67. The molecular weight excluding hydrogens is 502 g/mol. The van der Waals surface area contributed by atoms with E-state index in [4.69, 9.17) is 9.47 Å². The Morgan fingerprint density at radius 2 is 1.61 bits per heavy atom. The lowest BCUT2D eigenvalue weighted by atomic mass is 9.99. The van der Waals surface area contributed by atoms with E-state index in [-0.39, 0.29) is 18.6 Å². The van der Waals surface area contributed by atoms with Crippen molar-refractivity contribution in [2.24, 2.45) is 10.5 Å². The van der Waals surface area contributed by atoms with Crippen LogP contribution < -0.4 is 5.32 Å². The molecule has 3 rings (SSSR count). The minimum atomic E-state index is -0.949. The van der Waals surface area contributed by atoms with Gasteiger partial charge in [-0.25, -0.2) is 9.80 Å². The van der Waals surface area contributed by atoms with E-state index in [1.807, 2.05) is 81.4 Å². The quantitative estimate of drug-likeness (QED) is 0.419. The molecule has 0 fully saturated rings. The number of amides is 1. The molecular formula is C29H37N3O5S. The second kappa shape index (κ2) is 13.6. The molecule has 0 bridgehead atoms. The Labute approximate surface area is 229 Å². The van der Waals surface area contributed by atoms with Gasteiger partial charge in [-0.1, -0.05) is 93.2 Å². The summed E-state index contributed by atoms with van der Waals surface area (Å²) in [6.07, 6.45) is 1.09. The first-order chi connectivity index (χ1) is 18.1. The van der Waals surface area contributed by atoms with E-state index < -0.39 is 35.3 Å². The first-order valence-corrected chi connectivity index (χ1v) is 13.7. The van der Waals surface area contributed by atoms with Crippen molar-refractivity contribution in [2.75, 3.05) is 6.61 Å². The van der Waals surface area contributed by atoms with Gasteiger partial charge < -0.3 is 9.47 Å². The van der Waals surface area contributed by atoms with Crippen LogP contribution in [0.1, 0.15) is 52.2 Å². The normalized spacial score (nSPS) is 16.9. The zero-order valence-corrected chi connectivity index (χ0v) is 23.5. The highest BCUT2D eigenvalue weighted by Gasteiger charge is 2.43. The molecule has 1 heterocycles. The molecule has 2 aromatic carbocycles. The van der Waals surface area contributed by atoms with Gasteiger partial charge in [0.2, 0.25) is 5.37 Å². The van der Waals surface area contributed by atoms with E-state index in [0.717, 1.165) is 11.1 Å². The minimum absolute atomic E-state index is 0.0990. The molecule has 9 heteroatoms. The standard InChI is InChI=1S/C29H37N3O5S/c1-6-36-26(34)23(18-17-21-13-9-7-10-14-21)30-20(2)24(33)32-25(38-28(31-32)29(3,4)5)27(35)37-19-22-15-11-8-12-16-22/h7-16,20,23,25,30H,6,17-19H2,1-5H3/t20-,23-,25+/m0/s1. The van der Waals surface area contributed by atoms with E-state index in [1.54, 1.807) is 13.8 Å². The largest absolute Gasteiger partial charge is 0.465 e. The number of hydrogen-bond acceptors (Lipinski definition) is 8. The summed E-state index contributed by atoms with van der Waals surface area (Å²) in [5, 5.41) is 8.55. The SMILES string of the molecule is CCOC(=O)[C@H](CCc1ccccc1)N[C@@H](C)C(=O)N1N=C(C(C)(C)C)S[C@@H]1C(=O)OCc1ccccc1. The fraction of sp³-hybridized carbons (Fsp3) is 0.448. The average molecular weight is 540 g/mol. The molecule has 1 aliphatic heterocycles. The molecule has 1 aliphatic rings. The molecule has 0 saturated heterocycles. The zero-order chi connectivity index (χ0) is 27.7. The molecule has 38 heavy (non-hydrogen) atoms. The molecule has 0 aromatic heterocycles. The predicted octanol–water partition coefficient (Wildman–Crippen LogP) is 4.53. The smallest absolute Gasteiger partial charge is 0.342 e. The van der Waals surface area contributed by atoms with E-state index in [0.29, 0.717) is 17.9 Å². The van der Waals surface area contributed by atoms with Gasteiger partial charge in [0.25, 0.3) is 5.91 Å². The topological polar surface area (TPSA) is 97.3 Å². The van der Waals surface area contributed by atoms with Crippen LogP contribution in [0.3, 0.4) is 0 Å². The maximum Gasteiger partial charge on any atom is 0.342 e. The maximum absolute atomic E-state index is 13.6. The Morgan fingerprint density at radius 1 is 1.00 bits per heavy atom. The number of aryl methyl sites for hydroxylation is 1. The summed E-state index contributed by atoms with van der Waals surface area (Å²) in [7, 11) is 0. The lowest BCUT2D eigenvalue weighted by Crippen LogP contribution is -2.52. The maximum atomic E-state index is 13.6. The lowest BCUT2D eigenvalue weighted by molar-refractivity contribution is -0.153. The van der Waals surface area contributed by atoms with E-state index in [2.05, 4.69) is 10.4 Å². The third-order valence-electron chi connectivity index (χ3n) is 5.89. The fourth-order valence-corrected chi connectivity index (χ4v) is 4.92. The number of carbonyl (C=O) groups is 3. The van der Waals surface area contributed by atoms with Crippen molar-refractivity contribution in [3.63, 3.8) is 0 Å². The molecule has 0 saturated carbocycles. The van der Waals surface area contributed by atoms with Crippen LogP contribution in [0.2, 0.25) is 0 Å². The molecule has 0 unspecified atom stereocenters. The van der Waals surface area contributed by atoms with Crippen molar-refractivity contribution in [3.8, 4) is 0 Å². The Hall–Kier alpha value is -3.17. The molecule has 204 valence electrons. The highest BCUT2D eigenvalue weighted by molar-refractivity contribution is 8.15. The van der Waals surface area contributed by atoms with Crippen LogP contribution >= 0.6 is 11.8 Å². The number of benzene rings is 2. The Morgan fingerprint density at radius 3 is 2.18 bits per heavy atom.